The Labute approximate surface area is 184 Å². The summed E-state index contributed by atoms with van der Waals surface area (Å²) in [4.78, 5) is 2.13. The van der Waals surface area contributed by atoms with Crippen LogP contribution in [0, 0.1) is 5.82 Å². The molecular formula is C20H22ClFN4O4S. The van der Waals surface area contributed by atoms with E-state index in [9.17, 15) is 12.8 Å². The molecule has 1 aromatic heterocycles. The van der Waals surface area contributed by atoms with Crippen LogP contribution in [0.25, 0.3) is 16.6 Å². The van der Waals surface area contributed by atoms with Crippen molar-refractivity contribution in [3.63, 3.8) is 0 Å². The lowest BCUT2D eigenvalue weighted by Crippen LogP contribution is -2.48. The predicted molar refractivity (Wildman–Crippen MR) is 117 cm³/mol. The number of fused-ring (bicyclic) bond motifs is 1. The van der Waals surface area contributed by atoms with Gasteiger partial charge in [0.2, 0.25) is 10.0 Å². The summed E-state index contributed by atoms with van der Waals surface area (Å²) in [6.07, 6.45) is 2.78. The normalized spacial score (nSPS) is 15.5. The minimum Gasteiger partial charge on any atom is -0.463 e. The Morgan fingerprint density at radius 1 is 1.13 bits per heavy atom. The van der Waals surface area contributed by atoms with Crippen molar-refractivity contribution in [3.8, 4) is 11.4 Å². The summed E-state index contributed by atoms with van der Waals surface area (Å²) in [5.41, 5.74) is 2.26. The molecule has 4 rings (SSSR count). The van der Waals surface area contributed by atoms with Gasteiger partial charge in [0.15, 0.2) is 18.4 Å². The van der Waals surface area contributed by atoms with E-state index in [1.54, 1.807) is 10.9 Å². The molecule has 0 spiro atoms. The molecule has 31 heavy (non-hydrogen) atoms. The molecule has 166 valence electrons. The minimum atomic E-state index is -3.17. The van der Waals surface area contributed by atoms with Crippen LogP contribution in [-0.2, 0) is 14.8 Å². The van der Waals surface area contributed by atoms with Gasteiger partial charge >= 0.3 is 0 Å². The van der Waals surface area contributed by atoms with Crippen LogP contribution in [0.1, 0.15) is 0 Å². The summed E-state index contributed by atoms with van der Waals surface area (Å²) in [6, 6.07) is 8.99. The van der Waals surface area contributed by atoms with Crippen LogP contribution in [0.15, 0.2) is 36.5 Å². The maximum atomic E-state index is 14.3. The minimum absolute atomic E-state index is 0.0851. The Kier molecular flexibility index (Phi) is 6.07. The lowest BCUT2D eigenvalue weighted by atomic mass is 10.2. The van der Waals surface area contributed by atoms with Crippen molar-refractivity contribution in [1.82, 2.24) is 14.1 Å². The van der Waals surface area contributed by atoms with E-state index >= 15 is 0 Å². The molecule has 2 heterocycles. The van der Waals surface area contributed by atoms with Crippen molar-refractivity contribution in [1.29, 1.82) is 0 Å². The first-order chi connectivity index (χ1) is 14.8. The molecule has 0 aliphatic carbocycles. The highest BCUT2D eigenvalue weighted by molar-refractivity contribution is 7.88. The number of rotatable bonds is 6. The number of hydrogen-bond donors (Lipinski definition) is 0. The number of methoxy groups -OCH3 is 1. The molecule has 3 aromatic rings. The van der Waals surface area contributed by atoms with E-state index in [0.717, 1.165) is 11.4 Å². The first-order valence-corrected chi connectivity index (χ1v) is 11.8. The highest BCUT2D eigenvalue weighted by Gasteiger charge is 2.24. The average Bonchev–Trinajstić information content (AvgIpc) is 3.17. The molecule has 0 bridgehead atoms. The molecule has 0 N–H and O–H groups in total. The van der Waals surface area contributed by atoms with E-state index in [4.69, 9.17) is 21.1 Å². The standard InChI is InChI=1S/C20H22ClFN4O4S/c1-29-13-30-20-17(22)11-14-12-23-26(19(14)18(20)21)16-5-3-15(4-6-16)24-7-9-25(10-8-24)31(2,27)28/h3-6,11-12H,7-10,13H2,1-2H3. The fourth-order valence-electron chi connectivity index (χ4n) is 3.63. The van der Waals surface area contributed by atoms with Crippen LogP contribution in [-0.4, -0.2) is 68.8 Å². The fraction of sp³-hybridized carbons (Fsp3) is 0.350. The van der Waals surface area contributed by atoms with E-state index in [1.807, 2.05) is 24.3 Å². The highest BCUT2D eigenvalue weighted by Crippen LogP contribution is 2.36. The lowest BCUT2D eigenvalue weighted by molar-refractivity contribution is 0.0485. The zero-order valence-corrected chi connectivity index (χ0v) is 18.7. The van der Waals surface area contributed by atoms with E-state index < -0.39 is 15.8 Å². The van der Waals surface area contributed by atoms with Gasteiger partial charge in [-0.2, -0.15) is 9.40 Å². The van der Waals surface area contributed by atoms with Crippen molar-refractivity contribution in [2.45, 2.75) is 0 Å². The van der Waals surface area contributed by atoms with Gasteiger partial charge in [0.05, 0.1) is 23.7 Å². The van der Waals surface area contributed by atoms with Crippen molar-refractivity contribution in [2.24, 2.45) is 0 Å². The van der Waals surface area contributed by atoms with Gasteiger partial charge in [0, 0.05) is 44.4 Å². The van der Waals surface area contributed by atoms with Gasteiger partial charge in [-0.15, -0.1) is 0 Å². The number of piperazine rings is 1. The highest BCUT2D eigenvalue weighted by atomic mass is 35.5. The number of benzene rings is 2. The second-order valence-corrected chi connectivity index (χ2v) is 9.57. The zero-order chi connectivity index (χ0) is 22.2. The quantitative estimate of drug-likeness (QED) is 0.518. The van der Waals surface area contributed by atoms with Gasteiger partial charge in [-0.05, 0) is 30.3 Å². The second kappa shape index (κ2) is 8.62. The summed E-state index contributed by atoms with van der Waals surface area (Å²) in [5, 5.41) is 5.03. The van der Waals surface area contributed by atoms with Crippen LogP contribution in [0.4, 0.5) is 10.1 Å². The Balaban J connectivity index is 1.60. The first kappa shape index (κ1) is 21.8. The van der Waals surface area contributed by atoms with Gasteiger partial charge in [0.25, 0.3) is 0 Å². The van der Waals surface area contributed by atoms with Crippen LogP contribution < -0.4 is 9.64 Å². The molecule has 8 nitrogen and oxygen atoms in total. The van der Waals surface area contributed by atoms with Crippen LogP contribution in [0.3, 0.4) is 0 Å². The Hall–Kier alpha value is -2.40. The van der Waals surface area contributed by atoms with Crippen molar-refractivity contribution >= 4 is 38.2 Å². The molecule has 0 unspecified atom stereocenters. The predicted octanol–water partition coefficient (Wildman–Crippen LogP) is 2.88. The zero-order valence-electron chi connectivity index (χ0n) is 17.1. The summed E-state index contributed by atoms with van der Waals surface area (Å²) in [6.45, 7) is 2.01. The number of sulfonamides is 1. The van der Waals surface area contributed by atoms with Crippen molar-refractivity contribution in [3.05, 3.63) is 47.4 Å². The topological polar surface area (TPSA) is 76.9 Å². The maximum Gasteiger partial charge on any atom is 0.211 e. The summed E-state index contributed by atoms with van der Waals surface area (Å²) < 4.78 is 51.0. The number of ether oxygens (including phenoxy) is 2. The summed E-state index contributed by atoms with van der Waals surface area (Å²) in [7, 11) is -1.73. The summed E-state index contributed by atoms with van der Waals surface area (Å²) in [5.74, 6) is -0.671. The van der Waals surface area contributed by atoms with Gasteiger partial charge in [-0.25, -0.2) is 17.5 Å². The van der Waals surface area contributed by atoms with Crippen LogP contribution in [0.2, 0.25) is 5.02 Å². The molecule has 1 saturated heterocycles. The molecular weight excluding hydrogens is 447 g/mol. The largest absolute Gasteiger partial charge is 0.463 e. The molecule has 1 aliphatic heterocycles. The third-order valence-corrected chi connectivity index (χ3v) is 6.85. The smallest absolute Gasteiger partial charge is 0.211 e. The number of anilines is 1. The fourth-order valence-corrected chi connectivity index (χ4v) is 4.79. The third-order valence-electron chi connectivity index (χ3n) is 5.19. The van der Waals surface area contributed by atoms with Crippen molar-refractivity contribution < 1.29 is 22.3 Å². The molecule has 0 amide bonds. The Morgan fingerprint density at radius 3 is 2.39 bits per heavy atom. The van der Waals surface area contributed by atoms with E-state index in [2.05, 4.69) is 10.00 Å². The van der Waals surface area contributed by atoms with Crippen molar-refractivity contribution in [2.75, 3.05) is 51.2 Å². The number of halogens is 2. The lowest BCUT2D eigenvalue weighted by Gasteiger charge is -2.34. The Morgan fingerprint density at radius 2 is 1.77 bits per heavy atom. The monoisotopic (exact) mass is 468 g/mol. The molecule has 11 heteroatoms. The average molecular weight is 469 g/mol. The molecule has 0 saturated carbocycles. The molecule has 0 atom stereocenters. The second-order valence-electron chi connectivity index (χ2n) is 7.21. The van der Waals surface area contributed by atoms with E-state index in [0.29, 0.717) is 37.1 Å². The number of hydrogen-bond acceptors (Lipinski definition) is 6. The number of aromatic nitrogens is 2. The SMILES string of the molecule is COCOc1c(F)cc2cnn(-c3ccc(N4CCN(S(C)(=O)=O)CC4)cc3)c2c1Cl. The third kappa shape index (κ3) is 4.33. The molecule has 1 fully saturated rings. The molecule has 2 aromatic carbocycles. The number of nitrogens with zero attached hydrogens (tertiary/aromatic N) is 4. The Bertz CT molecular complexity index is 1190. The van der Waals surface area contributed by atoms with Gasteiger partial charge in [-0.3, -0.25) is 0 Å². The van der Waals surface area contributed by atoms with Crippen LogP contribution in [0.5, 0.6) is 5.75 Å². The van der Waals surface area contributed by atoms with E-state index in [-0.39, 0.29) is 17.6 Å². The molecule has 1 aliphatic rings. The van der Waals surface area contributed by atoms with Crippen LogP contribution >= 0.6 is 11.6 Å². The van der Waals surface area contributed by atoms with E-state index in [1.165, 1.54) is 23.7 Å². The maximum absolute atomic E-state index is 14.3. The van der Waals surface area contributed by atoms with Gasteiger partial charge in [-0.1, -0.05) is 11.6 Å². The first-order valence-electron chi connectivity index (χ1n) is 9.57. The summed E-state index contributed by atoms with van der Waals surface area (Å²) >= 11 is 6.44. The van der Waals surface area contributed by atoms with Gasteiger partial charge < -0.3 is 14.4 Å². The molecule has 0 radical (unpaired) electrons. The van der Waals surface area contributed by atoms with Gasteiger partial charge in [0.1, 0.15) is 5.02 Å².